The maximum atomic E-state index is 12.3. The smallest absolute Gasteiger partial charge is 0.475 e. The van der Waals surface area contributed by atoms with Gasteiger partial charge in [0, 0.05) is 0 Å². The Bertz CT molecular complexity index is 538. The fraction of sp³-hybridized carbons (Fsp3) is 0.214. The van der Waals surface area contributed by atoms with E-state index in [0.29, 0.717) is 5.56 Å². The first kappa shape index (κ1) is 17.3. The summed E-state index contributed by atoms with van der Waals surface area (Å²) in [5, 5.41) is 9.06. The van der Waals surface area contributed by atoms with Crippen LogP contribution in [0.5, 0.6) is 0 Å². The van der Waals surface area contributed by atoms with Gasteiger partial charge in [-0.05, 0) is 11.6 Å². The Balaban J connectivity index is 2.81. The van der Waals surface area contributed by atoms with Gasteiger partial charge in [0.25, 0.3) is 0 Å². The third kappa shape index (κ3) is 5.65. The molecule has 0 unspecified atom stereocenters. The van der Waals surface area contributed by atoms with E-state index < -0.39 is 13.8 Å². The molecule has 0 aliphatic heterocycles. The van der Waals surface area contributed by atoms with Crippen molar-refractivity contribution in [1.29, 1.82) is 0 Å². The average molecular weight is 312 g/mol. The molecule has 21 heavy (non-hydrogen) atoms. The highest BCUT2D eigenvalue weighted by Gasteiger charge is 2.26. The van der Waals surface area contributed by atoms with Crippen LogP contribution in [0.3, 0.4) is 0 Å². The van der Waals surface area contributed by atoms with Crippen molar-refractivity contribution in [2.24, 2.45) is 0 Å². The van der Waals surface area contributed by atoms with Crippen molar-refractivity contribution in [3.63, 3.8) is 0 Å². The molecule has 0 aromatic heterocycles. The van der Waals surface area contributed by atoms with Gasteiger partial charge in [-0.25, -0.2) is 9.36 Å². The van der Waals surface area contributed by atoms with Gasteiger partial charge in [0.05, 0.1) is 25.4 Å². The molecular weight excluding hydrogens is 295 g/mol. The summed E-state index contributed by atoms with van der Waals surface area (Å²) in [4.78, 5) is 11.1. The minimum Gasteiger partial charge on any atom is -0.478 e. The fourth-order valence-electron chi connectivity index (χ4n) is 1.40. The Labute approximate surface area is 123 Å². The number of hydrogen-bond acceptors (Lipinski definition) is 5. The van der Waals surface area contributed by atoms with E-state index >= 15 is 0 Å². The Morgan fingerprint density at radius 1 is 1.14 bits per heavy atom. The molecule has 1 aromatic rings. The number of aromatic carboxylic acids is 1. The number of carboxylic acid groups (broad SMARTS) is 1. The Hall–Kier alpha value is -1.72. The van der Waals surface area contributed by atoms with Crippen LogP contribution in [0.25, 0.3) is 0 Å². The van der Waals surface area contributed by atoms with E-state index in [-0.39, 0.29) is 25.4 Å². The molecule has 0 amide bonds. The lowest BCUT2D eigenvalue weighted by molar-refractivity contribution is 0.0690. The predicted octanol–water partition coefficient (Wildman–Crippen LogP) is 3.41. The van der Waals surface area contributed by atoms with Gasteiger partial charge in [-0.2, -0.15) is 0 Å². The Kier molecular flexibility index (Phi) is 7.05. The largest absolute Gasteiger partial charge is 0.478 e. The van der Waals surface area contributed by atoms with Crippen LogP contribution < -0.4 is 0 Å². The molecule has 0 heterocycles. The second-order valence-corrected chi connectivity index (χ2v) is 5.52. The molecule has 0 aliphatic carbocycles. The zero-order chi connectivity index (χ0) is 15.7. The highest BCUT2D eigenvalue weighted by Crippen LogP contribution is 2.50. The van der Waals surface area contributed by atoms with Crippen LogP contribution in [0.1, 0.15) is 15.9 Å². The van der Waals surface area contributed by atoms with Gasteiger partial charge in [-0.15, -0.1) is 13.2 Å². The molecule has 0 saturated heterocycles. The van der Waals surface area contributed by atoms with E-state index in [9.17, 15) is 9.36 Å². The second kappa shape index (κ2) is 8.54. The summed E-state index contributed by atoms with van der Waals surface area (Å²) in [6, 6.07) is 6.25. The molecule has 0 atom stereocenters. The molecule has 6 nitrogen and oxygen atoms in total. The predicted molar refractivity (Wildman–Crippen MR) is 78.1 cm³/mol. The summed E-state index contributed by atoms with van der Waals surface area (Å²) in [5.41, 5.74) is 0.436. The van der Waals surface area contributed by atoms with Gasteiger partial charge in [0.1, 0.15) is 0 Å². The molecule has 114 valence electrons. The standard InChI is InChI=1S/C14H17O6P/c1-3-9-18-21(17,19-10-4-2)20-11-12-7-5-6-8-13(12)14(15)16/h3-8H,1-2,9-11H2,(H,15,16). The van der Waals surface area contributed by atoms with Crippen molar-refractivity contribution in [1.82, 2.24) is 0 Å². The van der Waals surface area contributed by atoms with Crippen molar-refractivity contribution in [3.8, 4) is 0 Å². The zero-order valence-corrected chi connectivity index (χ0v) is 12.3. The molecule has 0 aliphatic rings. The first-order valence-corrected chi connectivity index (χ1v) is 7.55. The lowest BCUT2D eigenvalue weighted by Crippen LogP contribution is -2.05. The highest BCUT2D eigenvalue weighted by atomic mass is 31.2. The van der Waals surface area contributed by atoms with Crippen LogP contribution in [0.4, 0.5) is 0 Å². The molecule has 0 spiro atoms. The maximum Gasteiger partial charge on any atom is 0.475 e. The van der Waals surface area contributed by atoms with Crippen LogP contribution in [-0.4, -0.2) is 24.3 Å². The van der Waals surface area contributed by atoms with Gasteiger partial charge in [0.15, 0.2) is 0 Å². The van der Waals surface area contributed by atoms with E-state index in [1.54, 1.807) is 18.2 Å². The van der Waals surface area contributed by atoms with Crippen LogP contribution in [-0.2, 0) is 24.7 Å². The van der Waals surface area contributed by atoms with Crippen molar-refractivity contribution < 1.29 is 28.0 Å². The normalized spacial score (nSPS) is 11.0. The third-order valence-electron chi connectivity index (χ3n) is 2.33. The van der Waals surface area contributed by atoms with Crippen LogP contribution >= 0.6 is 7.82 Å². The lowest BCUT2D eigenvalue weighted by atomic mass is 10.1. The SMILES string of the molecule is C=CCOP(=O)(OCC=C)OCc1ccccc1C(=O)O. The fourth-order valence-corrected chi connectivity index (χ4v) is 2.50. The molecule has 0 saturated carbocycles. The topological polar surface area (TPSA) is 82.1 Å². The first-order valence-electron chi connectivity index (χ1n) is 6.09. The Morgan fingerprint density at radius 3 is 2.24 bits per heavy atom. The third-order valence-corrected chi connectivity index (χ3v) is 3.70. The number of carbonyl (C=O) groups is 1. The number of benzene rings is 1. The van der Waals surface area contributed by atoms with Gasteiger partial charge in [-0.3, -0.25) is 13.6 Å². The van der Waals surface area contributed by atoms with Crippen LogP contribution in [0, 0.1) is 0 Å². The maximum absolute atomic E-state index is 12.3. The monoisotopic (exact) mass is 312 g/mol. The van der Waals surface area contributed by atoms with Gasteiger partial charge in [0.2, 0.25) is 0 Å². The van der Waals surface area contributed by atoms with Crippen molar-refractivity contribution in [2.45, 2.75) is 6.61 Å². The Morgan fingerprint density at radius 2 is 1.71 bits per heavy atom. The molecule has 1 rings (SSSR count). The van der Waals surface area contributed by atoms with Gasteiger partial charge in [-0.1, -0.05) is 30.4 Å². The van der Waals surface area contributed by atoms with Crippen LogP contribution in [0.15, 0.2) is 49.6 Å². The average Bonchev–Trinajstić information content (AvgIpc) is 2.49. The molecule has 1 aromatic carbocycles. The van der Waals surface area contributed by atoms with E-state index in [4.69, 9.17) is 18.7 Å². The molecule has 7 heteroatoms. The van der Waals surface area contributed by atoms with E-state index in [1.165, 1.54) is 18.2 Å². The van der Waals surface area contributed by atoms with Crippen molar-refractivity contribution in [2.75, 3.05) is 13.2 Å². The van der Waals surface area contributed by atoms with E-state index in [2.05, 4.69) is 13.2 Å². The molecule has 1 N–H and O–H groups in total. The van der Waals surface area contributed by atoms with E-state index in [0.717, 1.165) is 0 Å². The second-order valence-electron chi connectivity index (χ2n) is 3.85. The van der Waals surface area contributed by atoms with Gasteiger partial charge >= 0.3 is 13.8 Å². The number of carboxylic acids is 1. The summed E-state index contributed by atoms with van der Waals surface area (Å²) >= 11 is 0. The number of hydrogen-bond donors (Lipinski definition) is 1. The minimum atomic E-state index is -3.80. The quantitative estimate of drug-likeness (QED) is 0.526. The van der Waals surface area contributed by atoms with Crippen molar-refractivity contribution >= 4 is 13.8 Å². The summed E-state index contributed by atoms with van der Waals surface area (Å²) in [5.74, 6) is -1.09. The summed E-state index contributed by atoms with van der Waals surface area (Å²) in [6.45, 7) is 6.64. The van der Waals surface area contributed by atoms with E-state index in [1.807, 2.05) is 0 Å². The number of rotatable bonds is 10. The molecule has 0 bridgehead atoms. The van der Waals surface area contributed by atoms with Crippen molar-refractivity contribution in [3.05, 3.63) is 60.7 Å². The van der Waals surface area contributed by atoms with Gasteiger partial charge < -0.3 is 5.11 Å². The lowest BCUT2D eigenvalue weighted by Gasteiger charge is -2.17. The first-order chi connectivity index (χ1) is 10.0. The zero-order valence-electron chi connectivity index (χ0n) is 11.4. The summed E-state index contributed by atoms with van der Waals surface area (Å²) in [7, 11) is -3.80. The number of phosphoric acid groups is 1. The minimum absolute atomic E-state index is 0.0189. The highest BCUT2D eigenvalue weighted by molar-refractivity contribution is 7.48. The number of phosphoric ester groups is 1. The summed E-state index contributed by atoms with van der Waals surface area (Å²) in [6.07, 6.45) is 2.80. The molecule has 0 fully saturated rings. The van der Waals surface area contributed by atoms with Crippen LogP contribution in [0.2, 0.25) is 0 Å². The summed E-state index contributed by atoms with van der Waals surface area (Å²) < 4.78 is 27.4. The molecular formula is C14H17O6P. The molecule has 0 radical (unpaired) electrons.